The molecule has 0 aliphatic heterocycles. The highest BCUT2D eigenvalue weighted by Crippen LogP contribution is 2.31. The van der Waals surface area contributed by atoms with Gasteiger partial charge < -0.3 is 9.73 Å². The summed E-state index contributed by atoms with van der Waals surface area (Å²) in [5.41, 5.74) is 2.14. The Balaban J connectivity index is 2.33. The highest BCUT2D eigenvalue weighted by molar-refractivity contribution is 6.36. The van der Waals surface area contributed by atoms with E-state index in [1.54, 1.807) is 0 Å². The van der Waals surface area contributed by atoms with Gasteiger partial charge in [0.15, 0.2) is 0 Å². The summed E-state index contributed by atoms with van der Waals surface area (Å²) >= 11 is 12.5. The Bertz CT molecular complexity index is 572. The number of hydrogen-bond donors (Lipinski definition) is 1. The number of aryl methyl sites for hydroxylation is 2. The van der Waals surface area contributed by atoms with Gasteiger partial charge >= 0.3 is 0 Å². The summed E-state index contributed by atoms with van der Waals surface area (Å²) in [5.74, 6) is 1.86. The fraction of sp³-hybridized carbons (Fsp3) is 0.375. The summed E-state index contributed by atoms with van der Waals surface area (Å²) in [6, 6.07) is 7.84. The first kappa shape index (κ1) is 15.4. The van der Waals surface area contributed by atoms with Crippen molar-refractivity contribution in [2.75, 3.05) is 6.54 Å². The Morgan fingerprint density at radius 3 is 2.35 bits per heavy atom. The topological polar surface area (TPSA) is 25.2 Å². The molecular weight excluding hydrogens is 293 g/mol. The lowest BCUT2D eigenvalue weighted by Gasteiger charge is -2.19. The van der Waals surface area contributed by atoms with Crippen LogP contribution in [0.4, 0.5) is 0 Å². The molecule has 0 spiro atoms. The molecule has 1 atom stereocenters. The fourth-order valence-electron chi connectivity index (χ4n) is 2.47. The number of likely N-dealkylation sites (N-methyl/N-ethyl adjacent to an activating group) is 1. The molecule has 0 amide bonds. The normalized spacial score (nSPS) is 12.7. The van der Waals surface area contributed by atoms with Crippen molar-refractivity contribution in [3.8, 4) is 0 Å². The maximum Gasteiger partial charge on any atom is 0.105 e. The molecule has 0 aliphatic rings. The summed E-state index contributed by atoms with van der Waals surface area (Å²) in [7, 11) is 0. The van der Waals surface area contributed by atoms with Crippen LogP contribution in [0.15, 0.2) is 28.7 Å². The summed E-state index contributed by atoms with van der Waals surface area (Å²) in [4.78, 5) is 0. The van der Waals surface area contributed by atoms with Gasteiger partial charge in [-0.15, -0.1) is 0 Å². The quantitative estimate of drug-likeness (QED) is 0.831. The molecule has 0 saturated heterocycles. The van der Waals surface area contributed by atoms with E-state index in [1.807, 2.05) is 32.0 Å². The summed E-state index contributed by atoms with van der Waals surface area (Å²) in [5, 5.41) is 4.89. The van der Waals surface area contributed by atoms with Gasteiger partial charge in [0.1, 0.15) is 11.5 Å². The molecule has 2 aromatic rings. The molecular formula is C16H19Cl2NO. The molecule has 0 radical (unpaired) electrons. The lowest BCUT2D eigenvalue weighted by molar-refractivity contribution is 0.484. The molecule has 0 bridgehead atoms. The van der Waals surface area contributed by atoms with Gasteiger partial charge in [0.05, 0.1) is 0 Å². The second kappa shape index (κ2) is 6.66. The number of hydrogen-bond acceptors (Lipinski definition) is 2. The molecule has 1 heterocycles. The number of benzene rings is 1. The van der Waals surface area contributed by atoms with Crippen LogP contribution in [0.3, 0.4) is 0 Å². The SMILES string of the molecule is CCNC(Cc1c(Cl)cccc1Cl)c1cc(C)oc1C. The van der Waals surface area contributed by atoms with Gasteiger partial charge in [0, 0.05) is 21.7 Å². The zero-order valence-electron chi connectivity index (χ0n) is 12.0. The van der Waals surface area contributed by atoms with Crippen LogP contribution in [0.5, 0.6) is 0 Å². The Morgan fingerprint density at radius 1 is 1.20 bits per heavy atom. The summed E-state index contributed by atoms with van der Waals surface area (Å²) < 4.78 is 5.63. The van der Waals surface area contributed by atoms with Crippen LogP contribution in [0.25, 0.3) is 0 Å². The minimum atomic E-state index is 0.148. The van der Waals surface area contributed by atoms with Gasteiger partial charge in [-0.05, 0) is 50.6 Å². The third kappa shape index (κ3) is 3.38. The molecule has 1 unspecified atom stereocenters. The van der Waals surface area contributed by atoms with Crippen LogP contribution in [-0.2, 0) is 6.42 Å². The predicted octanol–water partition coefficient (Wildman–Crippen LogP) is 5.10. The van der Waals surface area contributed by atoms with Crippen LogP contribution >= 0.6 is 23.2 Å². The molecule has 0 fully saturated rings. The monoisotopic (exact) mass is 311 g/mol. The van der Waals surface area contributed by atoms with Crippen molar-refractivity contribution in [2.45, 2.75) is 33.2 Å². The van der Waals surface area contributed by atoms with Gasteiger partial charge in [-0.3, -0.25) is 0 Å². The zero-order chi connectivity index (χ0) is 14.7. The average molecular weight is 312 g/mol. The van der Waals surface area contributed by atoms with Crippen LogP contribution in [-0.4, -0.2) is 6.54 Å². The predicted molar refractivity (Wildman–Crippen MR) is 84.8 cm³/mol. The molecule has 0 aliphatic carbocycles. The van der Waals surface area contributed by atoms with Crippen LogP contribution < -0.4 is 5.32 Å². The van der Waals surface area contributed by atoms with E-state index in [-0.39, 0.29) is 6.04 Å². The number of furan rings is 1. The highest BCUT2D eigenvalue weighted by atomic mass is 35.5. The third-order valence-electron chi connectivity index (χ3n) is 3.38. The van der Waals surface area contributed by atoms with Crippen molar-refractivity contribution in [1.29, 1.82) is 0 Å². The lowest BCUT2D eigenvalue weighted by Crippen LogP contribution is -2.23. The van der Waals surface area contributed by atoms with Crippen LogP contribution in [0.2, 0.25) is 10.0 Å². The number of nitrogens with one attached hydrogen (secondary N) is 1. The van der Waals surface area contributed by atoms with Gasteiger partial charge in [-0.25, -0.2) is 0 Å². The van der Waals surface area contributed by atoms with Gasteiger partial charge in [0.25, 0.3) is 0 Å². The molecule has 2 nitrogen and oxygen atoms in total. The molecule has 20 heavy (non-hydrogen) atoms. The summed E-state index contributed by atoms with van der Waals surface area (Å²) in [6.07, 6.45) is 0.742. The molecule has 1 aromatic carbocycles. The number of halogens is 2. The van der Waals surface area contributed by atoms with Gasteiger partial charge in [-0.1, -0.05) is 36.2 Å². The third-order valence-corrected chi connectivity index (χ3v) is 4.08. The first-order valence-corrected chi connectivity index (χ1v) is 7.51. The van der Waals surface area contributed by atoms with Crippen LogP contribution in [0.1, 0.15) is 35.6 Å². The van der Waals surface area contributed by atoms with E-state index in [0.29, 0.717) is 10.0 Å². The average Bonchev–Trinajstić information content (AvgIpc) is 2.72. The maximum atomic E-state index is 6.27. The standard InChI is InChI=1S/C16H19Cl2NO/c1-4-19-16(12-8-10(2)20-11(12)3)9-13-14(17)6-5-7-15(13)18/h5-8,16,19H,4,9H2,1-3H3. The Kier molecular flexibility index (Phi) is 5.14. The van der Waals surface area contributed by atoms with E-state index in [2.05, 4.69) is 18.3 Å². The minimum absolute atomic E-state index is 0.148. The van der Waals surface area contributed by atoms with Crippen molar-refractivity contribution >= 4 is 23.2 Å². The van der Waals surface area contributed by atoms with E-state index in [0.717, 1.165) is 30.0 Å². The molecule has 1 N–H and O–H groups in total. The van der Waals surface area contributed by atoms with Gasteiger partial charge in [-0.2, -0.15) is 0 Å². The molecule has 1 aromatic heterocycles. The Morgan fingerprint density at radius 2 is 1.85 bits per heavy atom. The Labute approximate surface area is 130 Å². The minimum Gasteiger partial charge on any atom is -0.466 e. The first-order chi connectivity index (χ1) is 9.52. The van der Waals surface area contributed by atoms with Crippen molar-refractivity contribution in [3.63, 3.8) is 0 Å². The van der Waals surface area contributed by atoms with E-state index < -0.39 is 0 Å². The van der Waals surface area contributed by atoms with E-state index in [1.165, 1.54) is 5.56 Å². The lowest BCUT2D eigenvalue weighted by atomic mass is 9.99. The summed E-state index contributed by atoms with van der Waals surface area (Å²) in [6.45, 7) is 6.91. The second-order valence-electron chi connectivity index (χ2n) is 4.88. The van der Waals surface area contributed by atoms with Crippen molar-refractivity contribution in [3.05, 3.63) is 57.0 Å². The molecule has 0 saturated carbocycles. The van der Waals surface area contributed by atoms with Gasteiger partial charge in [0.2, 0.25) is 0 Å². The second-order valence-corrected chi connectivity index (χ2v) is 5.70. The van der Waals surface area contributed by atoms with E-state index >= 15 is 0 Å². The molecule has 2 rings (SSSR count). The maximum absolute atomic E-state index is 6.27. The Hall–Kier alpha value is -0.960. The van der Waals surface area contributed by atoms with Crippen molar-refractivity contribution in [2.24, 2.45) is 0 Å². The smallest absolute Gasteiger partial charge is 0.105 e. The first-order valence-electron chi connectivity index (χ1n) is 6.76. The number of rotatable bonds is 5. The molecule has 108 valence electrons. The molecule has 4 heteroatoms. The van der Waals surface area contributed by atoms with E-state index in [4.69, 9.17) is 27.6 Å². The van der Waals surface area contributed by atoms with Crippen LogP contribution in [0, 0.1) is 13.8 Å². The zero-order valence-corrected chi connectivity index (χ0v) is 13.5. The van der Waals surface area contributed by atoms with Crippen molar-refractivity contribution in [1.82, 2.24) is 5.32 Å². The fourth-order valence-corrected chi connectivity index (χ4v) is 3.02. The van der Waals surface area contributed by atoms with Crippen molar-refractivity contribution < 1.29 is 4.42 Å². The van der Waals surface area contributed by atoms with E-state index in [9.17, 15) is 0 Å². The largest absolute Gasteiger partial charge is 0.466 e. The highest BCUT2D eigenvalue weighted by Gasteiger charge is 2.19.